The number of hydrogen-bond acceptors (Lipinski definition) is 4. The van der Waals surface area contributed by atoms with Gasteiger partial charge in [-0.25, -0.2) is 5.06 Å². The number of carbonyl (C=O) groups excluding carboxylic acids is 1. The Hall–Kier alpha value is -3.55. The summed E-state index contributed by atoms with van der Waals surface area (Å²) in [4.78, 5) is 19.4. The molecule has 0 aliphatic carbocycles. The van der Waals surface area contributed by atoms with Gasteiger partial charge in [0, 0.05) is 7.05 Å². The van der Waals surface area contributed by atoms with Gasteiger partial charge in [0.2, 0.25) is 0 Å². The normalized spacial score (nSPS) is 13.4. The van der Waals surface area contributed by atoms with Crippen LogP contribution in [0.3, 0.4) is 0 Å². The molecule has 0 heterocycles. The number of aryl methyl sites for hydroxylation is 1. The molecule has 0 aromatic heterocycles. The Morgan fingerprint density at radius 1 is 0.738 bits per heavy atom. The minimum Gasteiger partial charge on any atom is -0.401 e. The number of benzene rings is 4. The van der Waals surface area contributed by atoms with Crippen molar-refractivity contribution in [2.75, 3.05) is 14.2 Å². The fourth-order valence-electron chi connectivity index (χ4n) is 5.51. The number of nitrogens with zero attached hydrogens (tertiary/aromatic N) is 1. The second-order valence-electron chi connectivity index (χ2n) is 11.6. The maximum absolute atomic E-state index is 14.0. The molecule has 4 rings (SSSR count). The smallest absolute Gasteiger partial charge is 0.277 e. The molecule has 0 N–H and O–H groups in total. The molecule has 0 saturated carbocycles. The zero-order chi connectivity index (χ0) is 30.0. The van der Waals surface area contributed by atoms with Crippen molar-refractivity contribution >= 4 is 24.6 Å². The van der Waals surface area contributed by atoms with E-state index in [0.717, 1.165) is 22.4 Å². The van der Waals surface area contributed by atoms with Crippen LogP contribution in [0.5, 0.6) is 0 Å². The first-order chi connectivity index (χ1) is 20.3. The number of hydroxylamine groups is 2. The highest BCUT2D eigenvalue weighted by molar-refractivity contribution is 6.99. The Morgan fingerprint density at radius 3 is 1.64 bits per heavy atom. The van der Waals surface area contributed by atoms with Gasteiger partial charge in [-0.2, -0.15) is 0 Å². The number of likely N-dealkylation sites (N-methyl/N-ethyl adjacent to an activating group) is 1. The lowest BCUT2D eigenvalue weighted by atomic mass is 10.0. The number of rotatable bonds is 13. The van der Waals surface area contributed by atoms with E-state index in [-0.39, 0.29) is 17.6 Å². The highest BCUT2D eigenvalue weighted by Crippen LogP contribution is 2.39. The summed E-state index contributed by atoms with van der Waals surface area (Å²) in [5.74, 6) is -0.274. The molecule has 0 bridgehead atoms. The molecule has 2 atom stereocenters. The van der Waals surface area contributed by atoms with Crippen LogP contribution in [0.4, 0.5) is 0 Å². The molecule has 0 fully saturated rings. The molecular formula is C36H43NO4Si. The molecule has 1 amide bonds. The molecule has 220 valence electrons. The van der Waals surface area contributed by atoms with Crippen LogP contribution in [0.25, 0.3) is 0 Å². The molecule has 0 unspecified atom stereocenters. The Labute approximate surface area is 252 Å². The van der Waals surface area contributed by atoms with Crippen LogP contribution in [0.1, 0.15) is 38.3 Å². The van der Waals surface area contributed by atoms with Gasteiger partial charge in [0.15, 0.2) is 6.10 Å². The number of ether oxygens (including phenoxy) is 1. The monoisotopic (exact) mass is 581 g/mol. The Morgan fingerprint density at radius 2 is 1.19 bits per heavy atom. The third-order valence-corrected chi connectivity index (χ3v) is 12.8. The average molecular weight is 582 g/mol. The molecule has 0 aliphatic rings. The Kier molecular flexibility index (Phi) is 10.9. The lowest BCUT2D eigenvalue weighted by Gasteiger charge is -2.46. The summed E-state index contributed by atoms with van der Waals surface area (Å²) < 4.78 is 14.1. The predicted octanol–water partition coefficient (Wildman–Crippen LogP) is 6.17. The summed E-state index contributed by atoms with van der Waals surface area (Å²) in [6, 6.07) is 41.3. The van der Waals surface area contributed by atoms with E-state index in [2.05, 4.69) is 81.4 Å². The van der Waals surface area contributed by atoms with Crippen molar-refractivity contribution in [3.8, 4) is 0 Å². The van der Waals surface area contributed by atoms with Gasteiger partial charge in [0.25, 0.3) is 14.2 Å². The molecule has 4 aromatic rings. The molecule has 6 heteroatoms. The summed E-state index contributed by atoms with van der Waals surface area (Å²) >= 11 is 0. The minimum absolute atomic E-state index is 0.263. The zero-order valence-electron chi connectivity index (χ0n) is 25.4. The molecule has 0 saturated heterocycles. The van der Waals surface area contributed by atoms with Crippen molar-refractivity contribution in [1.82, 2.24) is 5.06 Å². The van der Waals surface area contributed by atoms with E-state index < -0.39 is 20.5 Å². The molecule has 42 heavy (non-hydrogen) atoms. The van der Waals surface area contributed by atoms with E-state index in [1.165, 1.54) is 17.7 Å². The maximum Gasteiger partial charge on any atom is 0.277 e. The van der Waals surface area contributed by atoms with Crippen LogP contribution in [0, 0.1) is 0 Å². The van der Waals surface area contributed by atoms with Crippen LogP contribution >= 0.6 is 0 Å². The van der Waals surface area contributed by atoms with Crippen molar-refractivity contribution in [2.24, 2.45) is 0 Å². The number of hydrogen-bond donors (Lipinski definition) is 0. The molecular weight excluding hydrogens is 538 g/mol. The van der Waals surface area contributed by atoms with Gasteiger partial charge < -0.3 is 9.16 Å². The minimum atomic E-state index is -3.00. The summed E-state index contributed by atoms with van der Waals surface area (Å²) in [6.45, 7) is 7.02. The quantitative estimate of drug-likeness (QED) is 0.140. The van der Waals surface area contributed by atoms with Crippen LogP contribution in [-0.2, 0) is 31.8 Å². The van der Waals surface area contributed by atoms with Gasteiger partial charge in [-0.3, -0.25) is 9.63 Å². The second-order valence-corrected chi connectivity index (χ2v) is 15.8. The van der Waals surface area contributed by atoms with Crippen molar-refractivity contribution < 1.29 is 18.8 Å². The van der Waals surface area contributed by atoms with Crippen LogP contribution in [0.15, 0.2) is 121 Å². The molecule has 4 aromatic carbocycles. The zero-order valence-corrected chi connectivity index (χ0v) is 26.4. The fraction of sp³-hybridized carbons (Fsp3) is 0.306. The van der Waals surface area contributed by atoms with Crippen LogP contribution in [-0.4, -0.2) is 45.7 Å². The summed E-state index contributed by atoms with van der Waals surface area (Å²) in [6.07, 6.45) is -0.110. The van der Waals surface area contributed by atoms with E-state index >= 15 is 0 Å². The van der Waals surface area contributed by atoms with Gasteiger partial charge in [-0.05, 0) is 39.4 Å². The first-order valence-electron chi connectivity index (χ1n) is 14.6. The molecule has 5 nitrogen and oxygen atoms in total. The van der Waals surface area contributed by atoms with Gasteiger partial charge in [0.1, 0.15) is 0 Å². The lowest BCUT2D eigenvalue weighted by molar-refractivity contribution is -0.188. The van der Waals surface area contributed by atoms with Gasteiger partial charge in [-0.15, -0.1) is 0 Å². The van der Waals surface area contributed by atoms with E-state index in [4.69, 9.17) is 14.0 Å². The number of carbonyl (C=O) groups is 1. The lowest BCUT2D eigenvalue weighted by Crippen LogP contribution is -2.69. The summed E-state index contributed by atoms with van der Waals surface area (Å²) in [7, 11) is 0.113. The summed E-state index contributed by atoms with van der Waals surface area (Å²) in [5.41, 5.74) is 2.17. The van der Waals surface area contributed by atoms with Crippen LogP contribution in [0.2, 0.25) is 5.04 Å². The predicted molar refractivity (Wildman–Crippen MR) is 172 cm³/mol. The standard InChI is InChI=1S/C36H43NO4Si/c1-36(2,3)42(31-22-14-8-15-23-31,32-24-16-9-17-25-32)41-33(27-26-29-18-10-6-11-19-29)34(35(38)37(4)39-5)40-28-30-20-12-7-13-21-30/h6-25,33-34H,26-28H2,1-5H3/t33-,34-/m1/s1. The number of amides is 1. The van der Waals surface area contributed by atoms with E-state index in [9.17, 15) is 4.79 Å². The van der Waals surface area contributed by atoms with Gasteiger partial charge in [0.05, 0.1) is 19.8 Å². The third kappa shape index (κ3) is 7.44. The topological polar surface area (TPSA) is 48.0 Å². The van der Waals surface area contributed by atoms with Gasteiger partial charge in [-0.1, -0.05) is 142 Å². The Balaban J connectivity index is 1.84. The van der Waals surface area contributed by atoms with Crippen molar-refractivity contribution in [2.45, 2.75) is 57.5 Å². The highest BCUT2D eigenvalue weighted by atomic mass is 28.4. The fourth-order valence-corrected chi connectivity index (χ4v) is 10.2. The van der Waals surface area contributed by atoms with Gasteiger partial charge >= 0.3 is 0 Å². The second kappa shape index (κ2) is 14.6. The third-order valence-electron chi connectivity index (χ3n) is 7.74. The Bertz CT molecular complexity index is 1320. The van der Waals surface area contributed by atoms with E-state index in [1.807, 2.05) is 60.7 Å². The SMILES string of the molecule is CON(C)C(=O)[C@H](OCc1ccccc1)[C@@H](CCc1ccccc1)O[Si](c1ccccc1)(c1ccccc1)C(C)(C)C. The highest BCUT2D eigenvalue weighted by Gasteiger charge is 2.53. The van der Waals surface area contributed by atoms with Crippen molar-refractivity contribution in [3.05, 3.63) is 132 Å². The summed E-state index contributed by atoms with van der Waals surface area (Å²) in [5, 5.41) is 3.30. The van der Waals surface area contributed by atoms with Crippen molar-refractivity contribution in [3.63, 3.8) is 0 Å². The molecule has 0 spiro atoms. The molecule has 0 radical (unpaired) electrons. The first kappa shape index (κ1) is 31.4. The van der Waals surface area contributed by atoms with E-state index in [0.29, 0.717) is 6.42 Å². The largest absolute Gasteiger partial charge is 0.401 e. The van der Waals surface area contributed by atoms with Crippen LogP contribution < -0.4 is 10.4 Å². The molecule has 0 aliphatic heterocycles. The van der Waals surface area contributed by atoms with Crippen molar-refractivity contribution in [1.29, 1.82) is 0 Å². The van der Waals surface area contributed by atoms with E-state index in [1.54, 1.807) is 7.05 Å². The first-order valence-corrected chi connectivity index (χ1v) is 16.5. The average Bonchev–Trinajstić information content (AvgIpc) is 3.02. The maximum atomic E-state index is 14.0.